The van der Waals surface area contributed by atoms with Gasteiger partial charge in [-0.15, -0.1) is 11.3 Å². The monoisotopic (exact) mass is 270 g/mol. The SMILES string of the molecule is CC(C)(C)C1N(C(=O)O)CCC1(O)c1nccs1. The minimum atomic E-state index is -1.18. The number of likely N-dealkylation sites (tertiary alicyclic amines) is 1. The zero-order chi connectivity index (χ0) is 13.6. The van der Waals surface area contributed by atoms with Gasteiger partial charge in [0.2, 0.25) is 0 Å². The molecule has 6 heteroatoms. The first-order valence-corrected chi connectivity index (χ1v) is 6.76. The second kappa shape index (κ2) is 4.20. The first-order chi connectivity index (χ1) is 8.27. The van der Waals surface area contributed by atoms with Crippen LogP contribution >= 0.6 is 11.3 Å². The van der Waals surface area contributed by atoms with Crippen LogP contribution in [0.3, 0.4) is 0 Å². The third-order valence-corrected chi connectivity index (χ3v) is 4.31. The summed E-state index contributed by atoms with van der Waals surface area (Å²) in [4.78, 5) is 16.8. The summed E-state index contributed by atoms with van der Waals surface area (Å²) in [6.45, 7) is 6.17. The molecule has 1 aromatic heterocycles. The molecule has 0 saturated carbocycles. The lowest BCUT2D eigenvalue weighted by atomic mass is 9.77. The summed E-state index contributed by atoms with van der Waals surface area (Å²) in [6.07, 6.45) is 1.05. The zero-order valence-corrected chi connectivity index (χ0v) is 11.6. The van der Waals surface area contributed by atoms with Gasteiger partial charge in [0.25, 0.3) is 0 Å². The summed E-state index contributed by atoms with van der Waals surface area (Å²) in [7, 11) is 0. The molecule has 2 rings (SSSR count). The van der Waals surface area contributed by atoms with Crippen molar-refractivity contribution in [2.24, 2.45) is 5.41 Å². The van der Waals surface area contributed by atoms with Crippen LogP contribution in [0.2, 0.25) is 0 Å². The molecule has 2 N–H and O–H groups in total. The van der Waals surface area contributed by atoms with Crippen LogP contribution in [0.5, 0.6) is 0 Å². The van der Waals surface area contributed by atoms with Crippen LogP contribution in [0, 0.1) is 5.41 Å². The van der Waals surface area contributed by atoms with Gasteiger partial charge in [0.1, 0.15) is 10.6 Å². The molecule has 2 heterocycles. The average molecular weight is 270 g/mol. The topological polar surface area (TPSA) is 73.7 Å². The number of nitrogens with zero attached hydrogens (tertiary/aromatic N) is 2. The molecule has 5 nitrogen and oxygen atoms in total. The van der Waals surface area contributed by atoms with Gasteiger partial charge in [0.15, 0.2) is 0 Å². The van der Waals surface area contributed by atoms with E-state index in [0.29, 0.717) is 18.0 Å². The van der Waals surface area contributed by atoms with Crippen molar-refractivity contribution in [3.63, 3.8) is 0 Å². The molecule has 1 saturated heterocycles. The van der Waals surface area contributed by atoms with Gasteiger partial charge < -0.3 is 15.1 Å². The Bertz CT molecular complexity index is 441. The third kappa shape index (κ3) is 1.99. The van der Waals surface area contributed by atoms with Gasteiger partial charge in [0.05, 0.1) is 6.04 Å². The number of aliphatic hydroxyl groups is 1. The largest absolute Gasteiger partial charge is 0.465 e. The van der Waals surface area contributed by atoms with Gasteiger partial charge in [-0.3, -0.25) is 0 Å². The lowest BCUT2D eigenvalue weighted by molar-refractivity contribution is -0.0414. The molecule has 0 aromatic carbocycles. The van der Waals surface area contributed by atoms with Crippen molar-refractivity contribution in [2.45, 2.75) is 38.8 Å². The highest BCUT2D eigenvalue weighted by atomic mass is 32.1. The van der Waals surface area contributed by atoms with Gasteiger partial charge >= 0.3 is 6.09 Å². The normalized spacial score (nSPS) is 28.7. The van der Waals surface area contributed by atoms with Crippen molar-refractivity contribution in [1.29, 1.82) is 0 Å². The molecule has 1 amide bonds. The minimum absolute atomic E-state index is 0.341. The molecule has 0 bridgehead atoms. The second-order valence-corrected chi connectivity index (χ2v) is 6.65. The molecule has 0 spiro atoms. The average Bonchev–Trinajstić information content (AvgIpc) is 2.82. The van der Waals surface area contributed by atoms with E-state index in [0.717, 1.165) is 0 Å². The van der Waals surface area contributed by atoms with Crippen LogP contribution in [0.4, 0.5) is 4.79 Å². The van der Waals surface area contributed by atoms with E-state index >= 15 is 0 Å². The van der Waals surface area contributed by atoms with E-state index < -0.39 is 17.7 Å². The van der Waals surface area contributed by atoms with Gasteiger partial charge in [-0.05, 0) is 5.41 Å². The maximum atomic E-state index is 11.3. The molecule has 2 unspecified atom stereocenters. The predicted octanol–water partition coefficient (Wildman–Crippen LogP) is 2.13. The van der Waals surface area contributed by atoms with E-state index in [-0.39, 0.29) is 5.41 Å². The lowest BCUT2D eigenvalue weighted by Gasteiger charge is -2.40. The Labute approximate surface area is 110 Å². The number of carboxylic acid groups (broad SMARTS) is 1. The van der Waals surface area contributed by atoms with Crippen molar-refractivity contribution in [1.82, 2.24) is 9.88 Å². The van der Waals surface area contributed by atoms with Crippen LogP contribution in [-0.2, 0) is 5.60 Å². The molecule has 18 heavy (non-hydrogen) atoms. The van der Waals surface area contributed by atoms with Crippen LogP contribution in [0.25, 0.3) is 0 Å². The predicted molar refractivity (Wildman–Crippen MR) is 68.6 cm³/mol. The molecule has 100 valence electrons. The Hall–Kier alpha value is -1.14. The summed E-state index contributed by atoms with van der Waals surface area (Å²) in [5.41, 5.74) is -1.53. The van der Waals surface area contributed by atoms with E-state index in [9.17, 15) is 15.0 Å². The van der Waals surface area contributed by atoms with Crippen molar-refractivity contribution in [2.75, 3.05) is 6.54 Å². The van der Waals surface area contributed by atoms with Gasteiger partial charge in [0, 0.05) is 24.5 Å². The molecule has 1 aromatic rings. The van der Waals surface area contributed by atoms with Crippen molar-refractivity contribution in [3.8, 4) is 0 Å². The van der Waals surface area contributed by atoms with Gasteiger partial charge in [-0.25, -0.2) is 9.78 Å². The number of hydrogen-bond donors (Lipinski definition) is 2. The summed E-state index contributed by atoms with van der Waals surface area (Å²) < 4.78 is 0. The summed E-state index contributed by atoms with van der Waals surface area (Å²) >= 11 is 1.37. The van der Waals surface area contributed by atoms with E-state index in [1.807, 2.05) is 20.8 Å². The number of thiazole rings is 1. The Morgan fingerprint density at radius 3 is 2.72 bits per heavy atom. The zero-order valence-electron chi connectivity index (χ0n) is 10.8. The number of aromatic nitrogens is 1. The smallest absolute Gasteiger partial charge is 0.407 e. The molecular formula is C12H18N2O3S. The molecule has 2 atom stereocenters. The fourth-order valence-corrected chi connectivity index (χ4v) is 3.66. The minimum Gasteiger partial charge on any atom is -0.465 e. The summed E-state index contributed by atoms with van der Waals surface area (Å²) in [5, 5.41) is 22.6. The van der Waals surface area contributed by atoms with E-state index in [1.165, 1.54) is 16.2 Å². The Kier molecular flexibility index (Phi) is 3.11. The van der Waals surface area contributed by atoms with Crippen LogP contribution in [-0.4, -0.2) is 38.8 Å². The molecule has 0 aliphatic carbocycles. The first kappa shape index (κ1) is 13.3. The van der Waals surface area contributed by atoms with Crippen molar-refractivity contribution < 1.29 is 15.0 Å². The second-order valence-electron chi connectivity index (χ2n) is 5.76. The number of carbonyl (C=O) groups is 1. The molecule has 1 fully saturated rings. The van der Waals surface area contributed by atoms with E-state index in [4.69, 9.17) is 0 Å². The van der Waals surface area contributed by atoms with E-state index in [2.05, 4.69) is 4.98 Å². The lowest BCUT2D eigenvalue weighted by Crippen LogP contribution is -2.52. The Morgan fingerprint density at radius 2 is 2.28 bits per heavy atom. The third-order valence-electron chi connectivity index (χ3n) is 3.37. The highest BCUT2D eigenvalue weighted by molar-refractivity contribution is 7.09. The Balaban J connectivity index is 2.45. The van der Waals surface area contributed by atoms with E-state index in [1.54, 1.807) is 11.6 Å². The highest BCUT2D eigenvalue weighted by Gasteiger charge is 2.55. The number of amides is 1. The van der Waals surface area contributed by atoms with Crippen LogP contribution in [0.1, 0.15) is 32.2 Å². The maximum absolute atomic E-state index is 11.3. The number of rotatable bonds is 1. The maximum Gasteiger partial charge on any atom is 0.407 e. The highest BCUT2D eigenvalue weighted by Crippen LogP contribution is 2.46. The quantitative estimate of drug-likeness (QED) is 0.820. The number of hydrogen-bond acceptors (Lipinski definition) is 4. The molecule has 1 aliphatic heterocycles. The molecular weight excluding hydrogens is 252 g/mol. The fourth-order valence-electron chi connectivity index (χ4n) is 2.87. The van der Waals surface area contributed by atoms with Gasteiger partial charge in [-0.1, -0.05) is 20.8 Å². The first-order valence-electron chi connectivity index (χ1n) is 5.89. The fraction of sp³-hybridized carbons (Fsp3) is 0.667. The molecule has 0 radical (unpaired) electrons. The van der Waals surface area contributed by atoms with Gasteiger partial charge in [-0.2, -0.15) is 0 Å². The Morgan fingerprint density at radius 1 is 1.61 bits per heavy atom. The van der Waals surface area contributed by atoms with Crippen LogP contribution in [0.15, 0.2) is 11.6 Å². The standard InChI is InChI=1S/C12H18N2O3S/c1-11(2,3)8-12(17,9-13-5-7-18-9)4-6-14(8)10(15)16/h5,7-8,17H,4,6H2,1-3H3,(H,15,16). The van der Waals surface area contributed by atoms with Crippen molar-refractivity contribution in [3.05, 3.63) is 16.6 Å². The van der Waals surface area contributed by atoms with Crippen LogP contribution < -0.4 is 0 Å². The van der Waals surface area contributed by atoms with Crippen molar-refractivity contribution >= 4 is 17.4 Å². The summed E-state index contributed by atoms with van der Waals surface area (Å²) in [6, 6.07) is -0.478. The molecule has 1 aliphatic rings. The summed E-state index contributed by atoms with van der Waals surface area (Å²) in [5.74, 6) is 0.